The number of carboxylic acid groups (broad SMARTS) is 2. The van der Waals surface area contributed by atoms with Gasteiger partial charge in [0, 0.05) is 22.6 Å². The van der Waals surface area contributed by atoms with Crippen molar-refractivity contribution in [3.05, 3.63) is 77.9 Å². The third kappa shape index (κ3) is 8.25. The largest absolute Gasteiger partial charge is 0.473 e. The lowest BCUT2D eigenvalue weighted by atomic mass is 9.97. The molecule has 0 aromatic heterocycles. The molecule has 8 heteroatoms. The highest BCUT2D eigenvalue weighted by molar-refractivity contribution is 7.98. The normalized spacial score (nSPS) is 11.1. The van der Waals surface area contributed by atoms with Gasteiger partial charge in [-0.15, -0.1) is 11.8 Å². The van der Waals surface area contributed by atoms with Gasteiger partial charge in [0.1, 0.15) is 12.3 Å². The minimum Gasteiger partial charge on any atom is -0.473 e. The molecular formula is C25H28N2O5S. The van der Waals surface area contributed by atoms with Gasteiger partial charge in [-0.05, 0) is 49.7 Å². The van der Waals surface area contributed by atoms with Crippen LogP contribution in [0.3, 0.4) is 0 Å². The number of carboxylic acids is 2. The van der Waals surface area contributed by atoms with Crippen molar-refractivity contribution in [2.24, 2.45) is 5.16 Å². The molecular weight excluding hydrogens is 440 g/mol. The Labute approximate surface area is 197 Å². The van der Waals surface area contributed by atoms with Crippen LogP contribution in [0.2, 0.25) is 0 Å². The fourth-order valence-electron chi connectivity index (χ4n) is 2.99. The van der Waals surface area contributed by atoms with Crippen LogP contribution in [0.5, 0.6) is 0 Å². The van der Waals surface area contributed by atoms with Gasteiger partial charge in [-0.2, -0.15) is 0 Å². The van der Waals surface area contributed by atoms with Crippen LogP contribution >= 0.6 is 11.8 Å². The van der Waals surface area contributed by atoms with Crippen molar-refractivity contribution in [2.45, 2.75) is 11.3 Å². The number of fused-ring (bicyclic) bond motifs is 1. The van der Waals surface area contributed by atoms with Crippen LogP contribution in [0.4, 0.5) is 0 Å². The van der Waals surface area contributed by atoms with E-state index in [1.807, 2.05) is 0 Å². The van der Waals surface area contributed by atoms with Gasteiger partial charge >= 0.3 is 11.9 Å². The van der Waals surface area contributed by atoms with Gasteiger partial charge in [0.25, 0.3) is 0 Å². The third-order valence-electron chi connectivity index (χ3n) is 4.59. The van der Waals surface area contributed by atoms with Crippen molar-refractivity contribution >= 4 is 40.2 Å². The van der Waals surface area contributed by atoms with Crippen LogP contribution in [0.1, 0.15) is 17.5 Å². The zero-order valence-corrected chi connectivity index (χ0v) is 19.7. The first-order chi connectivity index (χ1) is 15.8. The summed E-state index contributed by atoms with van der Waals surface area (Å²) in [6.45, 7) is 1.59. The summed E-state index contributed by atoms with van der Waals surface area (Å²) in [6, 6.07) is 23.2. The molecule has 3 aromatic carbocycles. The Bertz CT molecular complexity index is 1080. The van der Waals surface area contributed by atoms with E-state index in [-0.39, 0.29) is 0 Å². The van der Waals surface area contributed by atoms with Gasteiger partial charge in [-0.3, -0.25) is 0 Å². The number of thioether (sulfide) groups is 1. The first-order valence-corrected chi connectivity index (χ1v) is 11.5. The molecule has 0 aliphatic rings. The maximum absolute atomic E-state index is 9.10. The molecule has 0 bridgehead atoms. The molecule has 0 aliphatic carbocycles. The van der Waals surface area contributed by atoms with Crippen LogP contribution in [-0.4, -0.2) is 66.3 Å². The number of oxime groups is 1. The number of hydrogen-bond acceptors (Lipinski definition) is 6. The second-order valence-corrected chi connectivity index (χ2v) is 8.18. The van der Waals surface area contributed by atoms with Crippen molar-refractivity contribution in [1.29, 1.82) is 0 Å². The molecule has 3 aromatic rings. The molecule has 0 amide bonds. The molecule has 0 unspecified atom stereocenters. The Morgan fingerprint density at radius 2 is 1.58 bits per heavy atom. The van der Waals surface area contributed by atoms with Crippen molar-refractivity contribution < 1.29 is 24.6 Å². The lowest BCUT2D eigenvalue weighted by Crippen LogP contribution is -2.14. The Kier molecular flexibility index (Phi) is 10.4. The van der Waals surface area contributed by atoms with Crippen LogP contribution in [0.25, 0.3) is 10.8 Å². The van der Waals surface area contributed by atoms with E-state index in [2.05, 4.69) is 97.1 Å². The van der Waals surface area contributed by atoms with E-state index in [1.165, 1.54) is 15.7 Å². The highest BCUT2D eigenvalue weighted by Gasteiger charge is 2.12. The van der Waals surface area contributed by atoms with Gasteiger partial charge in [-0.25, -0.2) is 9.59 Å². The number of nitrogens with zero attached hydrogens (tertiary/aromatic N) is 2. The Morgan fingerprint density at radius 1 is 0.939 bits per heavy atom. The van der Waals surface area contributed by atoms with E-state index in [0.29, 0.717) is 6.61 Å². The SMILES string of the molecule is CSc1ccc(/C(=N\OCCCN(C)C)c2cccc3ccccc23)cc1.O=C(O)C(=O)O. The fourth-order valence-corrected chi connectivity index (χ4v) is 3.40. The summed E-state index contributed by atoms with van der Waals surface area (Å²) in [7, 11) is 4.14. The molecule has 0 atom stereocenters. The van der Waals surface area contributed by atoms with Crippen molar-refractivity contribution in [2.75, 3.05) is 33.5 Å². The smallest absolute Gasteiger partial charge is 0.414 e. The average Bonchev–Trinajstić information content (AvgIpc) is 2.81. The first kappa shape index (κ1) is 25.9. The zero-order chi connectivity index (χ0) is 24.2. The highest BCUT2D eigenvalue weighted by Crippen LogP contribution is 2.23. The Hall–Kier alpha value is -3.36. The van der Waals surface area contributed by atoms with E-state index in [4.69, 9.17) is 24.6 Å². The molecule has 0 radical (unpaired) electrons. The average molecular weight is 469 g/mol. The number of benzene rings is 3. The van der Waals surface area contributed by atoms with E-state index in [1.54, 1.807) is 11.8 Å². The predicted octanol–water partition coefficient (Wildman–Crippen LogP) is 4.44. The van der Waals surface area contributed by atoms with E-state index in [0.717, 1.165) is 29.8 Å². The quantitative estimate of drug-likeness (QED) is 0.166. The maximum atomic E-state index is 9.10. The lowest BCUT2D eigenvalue weighted by molar-refractivity contribution is -0.159. The monoisotopic (exact) mass is 468 g/mol. The van der Waals surface area contributed by atoms with E-state index >= 15 is 0 Å². The summed E-state index contributed by atoms with van der Waals surface area (Å²) < 4.78 is 0. The second-order valence-electron chi connectivity index (χ2n) is 7.30. The predicted molar refractivity (Wildman–Crippen MR) is 132 cm³/mol. The number of hydrogen-bond donors (Lipinski definition) is 2. The van der Waals surface area contributed by atoms with Crippen LogP contribution < -0.4 is 0 Å². The van der Waals surface area contributed by atoms with Crippen molar-refractivity contribution in [3.63, 3.8) is 0 Å². The van der Waals surface area contributed by atoms with Gasteiger partial charge in [0.15, 0.2) is 0 Å². The fraction of sp³-hybridized carbons (Fsp3) is 0.240. The molecule has 174 valence electrons. The summed E-state index contributed by atoms with van der Waals surface area (Å²) in [6.07, 6.45) is 3.04. The van der Waals surface area contributed by atoms with Crippen molar-refractivity contribution in [3.8, 4) is 0 Å². The van der Waals surface area contributed by atoms with Crippen LogP contribution in [-0.2, 0) is 14.4 Å². The van der Waals surface area contributed by atoms with Crippen LogP contribution in [0, 0.1) is 0 Å². The molecule has 0 heterocycles. The molecule has 0 spiro atoms. The lowest BCUT2D eigenvalue weighted by Gasteiger charge is -2.12. The topological polar surface area (TPSA) is 99.4 Å². The summed E-state index contributed by atoms with van der Waals surface area (Å²) >= 11 is 1.74. The molecule has 2 N–H and O–H groups in total. The minimum absolute atomic E-state index is 0.606. The number of aliphatic carboxylic acids is 2. The Morgan fingerprint density at radius 3 is 2.18 bits per heavy atom. The Balaban J connectivity index is 0.000000569. The van der Waals surface area contributed by atoms with Gasteiger partial charge in [-0.1, -0.05) is 59.8 Å². The number of carbonyl (C=O) groups is 2. The summed E-state index contributed by atoms with van der Waals surface area (Å²) in [4.78, 5) is 27.3. The summed E-state index contributed by atoms with van der Waals surface area (Å²) in [5, 5.41) is 21.7. The maximum Gasteiger partial charge on any atom is 0.414 e. The van der Waals surface area contributed by atoms with Gasteiger partial charge < -0.3 is 20.0 Å². The summed E-state index contributed by atoms with van der Waals surface area (Å²) in [5.74, 6) is -3.65. The standard InChI is InChI=1S/C23H26N2OS.C2H2O4/c1-25(2)16-7-17-26-24-23(19-12-14-20(27-3)15-13-19)22-11-6-9-18-8-4-5-10-21(18)22;3-1(4)2(5)6/h4-6,8-15H,7,16-17H2,1-3H3;(H,3,4)(H,5,6)/b24-23+;. The molecule has 33 heavy (non-hydrogen) atoms. The molecule has 0 fully saturated rings. The van der Waals surface area contributed by atoms with Gasteiger partial charge in [0.2, 0.25) is 0 Å². The zero-order valence-electron chi connectivity index (χ0n) is 18.9. The molecule has 0 aliphatic heterocycles. The minimum atomic E-state index is -1.82. The van der Waals surface area contributed by atoms with Crippen molar-refractivity contribution in [1.82, 2.24) is 4.90 Å². The van der Waals surface area contributed by atoms with Crippen LogP contribution in [0.15, 0.2) is 76.8 Å². The number of rotatable bonds is 8. The van der Waals surface area contributed by atoms with E-state index in [9.17, 15) is 0 Å². The molecule has 0 saturated heterocycles. The van der Waals surface area contributed by atoms with Gasteiger partial charge in [0.05, 0.1) is 0 Å². The molecule has 3 rings (SSSR count). The molecule has 7 nitrogen and oxygen atoms in total. The first-order valence-electron chi connectivity index (χ1n) is 10.3. The highest BCUT2D eigenvalue weighted by atomic mass is 32.2. The van der Waals surface area contributed by atoms with E-state index < -0.39 is 11.9 Å². The second kappa shape index (κ2) is 13.2. The third-order valence-corrected chi connectivity index (χ3v) is 5.33. The molecule has 0 saturated carbocycles. The summed E-state index contributed by atoms with van der Waals surface area (Å²) in [5.41, 5.74) is 3.04.